The third-order valence-corrected chi connectivity index (χ3v) is 4.23. The Morgan fingerprint density at radius 1 is 1.41 bits per heavy atom. The number of nitrogens with one attached hydrogen (secondary N) is 1. The third-order valence-electron chi connectivity index (χ3n) is 4.00. The zero-order chi connectivity index (χ0) is 12.3. The Balaban J connectivity index is 1.96. The van der Waals surface area contributed by atoms with Crippen LogP contribution in [-0.4, -0.2) is 6.54 Å². The number of benzene rings is 1. The first kappa shape index (κ1) is 12.9. The van der Waals surface area contributed by atoms with Crippen molar-refractivity contribution in [2.24, 2.45) is 5.41 Å². The molecule has 1 aliphatic rings. The number of rotatable bonds is 5. The van der Waals surface area contributed by atoms with Gasteiger partial charge in [0.25, 0.3) is 0 Å². The minimum Gasteiger partial charge on any atom is -0.309 e. The summed E-state index contributed by atoms with van der Waals surface area (Å²) in [6, 6.07) is 8.64. The highest BCUT2D eigenvalue weighted by Gasteiger charge is 2.31. The number of hydrogen-bond donors (Lipinski definition) is 1. The van der Waals surface area contributed by atoms with E-state index in [4.69, 9.17) is 11.6 Å². The highest BCUT2D eigenvalue weighted by atomic mass is 35.5. The number of halogens is 1. The van der Waals surface area contributed by atoms with Crippen LogP contribution in [0.3, 0.4) is 0 Å². The van der Waals surface area contributed by atoms with E-state index in [1.807, 2.05) is 12.1 Å². The van der Waals surface area contributed by atoms with Gasteiger partial charge in [-0.2, -0.15) is 0 Å². The summed E-state index contributed by atoms with van der Waals surface area (Å²) < 4.78 is 0. The molecule has 17 heavy (non-hydrogen) atoms. The van der Waals surface area contributed by atoms with Crippen LogP contribution in [0.15, 0.2) is 24.3 Å². The van der Waals surface area contributed by atoms with Gasteiger partial charge in [-0.1, -0.05) is 44.0 Å². The van der Waals surface area contributed by atoms with E-state index in [0.29, 0.717) is 11.5 Å². The molecule has 1 aromatic carbocycles. The lowest BCUT2D eigenvalue weighted by molar-refractivity contribution is 0.150. The Kier molecular flexibility index (Phi) is 4.11. The van der Waals surface area contributed by atoms with E-state index >= 15 is 0 Å². The third kappa shape index (κ3) is 3.23. The normalized spacial score (nSPS) is 19.7. The van der Waals surface area contributed by atoms with Gasteiger partial charge in [0.1, 0.15) is 0 Å². The molecule has 0 bridgehead atoms. The Morgan fingerprint density at radius 2 is 2.18 bits per heavy atom. The smallest absolute Gasteiger partial charge is 0.0409 e. The van der Waals surface area contributed by atoms with Gasteiger partial charge in [-0.25, -0.2) is 0 Å². The summed E-state index contributed by atoms with van der Waals surface area (Å²) in [4.78, 5) is 0. The lowest BCUT2D eigenvalue weighted by Crippen LogP contribution is -2.38. The maximum absolute atomic E-state index is 6.05. The zero-order valence-corrected chi connectivity index (χ0v) is 11.6. The van der Waals surface area contributed by atoms with Crippen molar-refractivity contribution in [3.8, 4) is 0 Å². The molecule has 94 valence electrons. The SMILES string of the molecule is CCC(NCC1(C)CCC1)c1cccc(Cl)c1. The summed E-state index contributed by atoms with van der Waals surface area (Å²) >= 11 is 6.05. The van der Waals surface area contributed by atoms with Crippen molar-refractivity contribution in [2.75, 3.05) is 6.54 Å². The molecule has 1 atom stereocenters. The maximum atomic E-state index is 6.05. The Morgan fingerprint density at radius 3 is 2.71 bits per heavy atom. The lowest BCUT2D eigenvalue weighted by Gasteiger charge is -2.39. The van der Waals surface area contributed by atoms with Crippen molar-refractivity contribution in [1.82, 2.24) is 5.32 Å². The lowest BCUT2D eigenvalue weighted by atomic mass is 9.70. The van der Waals surface area contributed by atoms with Gasteiger partial charge in [0.05, 0.1) is 0 Å². The van der Waals surface area contributed by atoms with Crippen molar-refractivity contribution >= 4 is 11.6 Å². The molecule has 0 spiro atoms. The quantitative estimate of drug-likeness (QED) is 0.808. The van der Waals surface area contributed by atoms with E-state index in [1.165, 1.54) is 24.8 Å². The minimum atomic E-state index is 0.436. The molecule has 1 nitrogen and oxygen atoms in total. The van der Waals surface area contributed by atoms with Crippen LogP contribution in [0.5, 0.6) is 0 Å². The van der Waals surface area contributed by atoms with E-state index in [2.05, 4.69) is 31.3 Å². The average Bonchev–Trinajstić information content (AvgIpc) is 2.28. The molecule has 0 radical (unpaired) electrons. The highest BCUT2D eigenvalue weighted by molar-refractivity contribution is 6.30. The molecule has 1 aliphatic carbocycles. The van der Waals surface area contributed by atoms with Crippen molar-refractivity contribution in [1.29, 1.82) is 0 Å². The first-order chi connectivity index (χ1) is 8.13. The summed E-state index contributed by atoms with van der Waals surface area (Å²) in [5.74, 6) is 0. The largest absolute Gasteiger partial charge is 0.309 e. The van der Waals surface area contributed by atoms with Gasteiger partial charge in [-0.3, -0.25) is 0 Å². The fourth-order valence-electron chi connectivity index (χ4n) is 2.55. The van der Waals surface area contributed by atoms with Crippen molar-refractivity contribution in [2.45, 2.75) is 45.6 Å². The van der Waals surface area contributed by atoms with Gasteiger partial charge >= 0.3 is 0 Å². The van der Waals surface area contributed by atoms with Crippen molar-refractivity contribution in [3.63, 3.8) is 0 Å². The molecule has 1 saturated carbocycles. The Labute approximate surface area is 110 Å². The van der Waals surface area contributed by atoms with Crippen molar-refractivity contribution < 1.29 is 0 Å². The molecule has 2 heteroatoms. The summed E-state index contributed by atoms with van der Waals surface area (Å²) in [6.45, 7) is 5.73. The molecule has 1 fully saturated rings. The Hall–Kier alpha value is -0.530. The van der Waals surface area contributed by atoms with E-state index in [0.717, 1.165) is 18.0 Å². The molecule has 0 heterocycles. The fraction of sp³-hybridized carbons (Fsp3) is 0.600. The van der Waals surface area contributed by atoms with Crippen LogP contribution in [0.4, 0.5) is 0 Å². The highest BCUT2D eigenvalue weighted by Crippen LogP contribution is 2.40. The summed E-state index contributed by atoms with van der Waals surface area (Å²) in [7, 11) is 0. The van der Waals surface area contributed by atoms with Gasteiger partial charge < -0.3 is 5.32 Å². The topological polar surface area (TPSA) is 12.0 Å². The average molecular weight is 252 g/mol. The van der Waals surface area contributed by atoms with E-state index in [9.17, 15) is 0 Å². The van der Waals surface area contributed by atoms with Crippen LogP contribution < -0.4 is 5.32 Å². The second-order valence-corrected chi connectivity index (χ2v) is 6.00. The van der Waals surface area contributed by atoms with Crippen LogP contribution in [0.25, 0.3) is 0 Å². The second-order valence-electron chi connectivity index (χ2n) is 5.56. The first-order valence-electron chi connectivity index (χ1n) is 6.62. The second kappa shape index (κ2) is 5.41. The van der Waals surface area contributed by atoms with E-state index < -0.39 is 0 Å². The molecule has 1 N–H and O–H groups in total. The predicted octanol–water partition coefficient (Wildman–Crippen LogP) is 4.57. The Bertz CT molecular complexity index is 371. The standard InChI is InChI=1S/C15H22ClN/c1-3-14(12-6-4-7-13(16)10-12)17-11-15(2)8-5-9-15/h4,6-7,10,14,17H,3,5,8-9,11H2,1-2H3. The van der Waals surface area contributed by atoms with Crippen LogP contribution in [0.2, 0.25) is 5.02 Å². The molecular weight excluding hydrogens is 230 g/mol. The van der Waals surface area contributed by atoms with Gasteiger partial charge in [0, 0.05) is 17.6 Å². The van der Waals surface area contributed by atoms with Crippen LogP contribution in [0.1, 0.15) is 51.1 Å². The number of hydrogen-bond acceptors (Lipinski definition) is 1. The molecule has 0 amide bonds. The molecular formula is C15H22ClN. The van der Waals surface area contributed by atoms with Crippen LogP contribution in [-0.2, 0) is 0 Å². The van der Waals surface area contributed by atoms with E-state index in [1.54, 1.807) is 0 Å². The first-order valence-corrected chi connectivity index (χ1v) is 7.00. The van der Waals surface area contributed by atoms with Crippen LogP contribution in [0, 0.1) is 5.41 Å². The maximum Gasteiger partial charge on any atom is 0.0409 e. The fourth-order valence-corrected chi connectivity index (χ4v) is 2.75. The summed E-state index contributed by atoms with van der Waals surface area (Å²) in [5.41, 5.74) is 1.84. The zero-order valence-electron chi connectivity index (χ0n) is 10.8. The molecule has 1 unspecified atom stereocenters. The molecule has 0 aliphatic heterocycles. The molecule has 0 saturated heterocycles. The molecule has 0 aromatic heterocycles. The summed E-state index contributed by atoms with van der Waals surface area (Å²) in [5, 5.41) is 4.53. The van der Waals surface area contributed by atoms with E-state index in [-0.39, 0.29) is 0 Å². The van der Waals surface area contributed by atoms with Crippen LogP contribution >= 0.6 is 11.6 Å². The monoisotopic (exact) mass is 251 g/mol. The molecule has 2 rings (SSSR count). The summed E-state index contributed by atoms with van der Waals surface area (Å²) in [6.07, 6.45) is 5.24. The van der Waals surface area contributed by atoms with Gasteiger partial charge in [-0.05, 0) is 42.4 Å². The van der Waals surface area contributed by atoms with Gasteiger partial charge in [0.15, 0.2) is 0 Å². The molecule has 1 aromatic rings. The van der Waals surface area contributed by atoms with Gasteiger partial charge in [-0.15, -0.1) is 0 Å². The minimum absolute atomic E-state index is 0.436. The van der Waals surface area contributed by atoms with Crippen molar-refractivity contribution in [3.05, 3.63) is 34.9 Å². The van der Waals surface area contributed by atoms with Gasteiger partial charge in [0.2, 0.25) is 0 Å². The predicted molar refractivity (Wildman–Crippen MR) is 74.4 cm³/mol.